The molecular weight excluding hydrogens is 370 g/mol. The van der Waals surface area contributed by atoms with Crippen LogP contribution in [0.5, 0.6) is 0 Å². The van der Waals surface area contributed by atoms with Crippen molar-refractivity contribution in [2.45, 2.75) is 26.4 Å². The molecule has 0 aromatic heterocycles. The third kappa shape index (κ3) is 3.52. The second-order valence-electron chi connectivity index (χ2n) is 6.28. The molecule has 0 saturated heterocycles. The van der Waals surface area contributed by atoms with Crippen LogP contribution in [0.25, 0.3) is 10.8 Å². The van der Waals surface area contributed by atoms with E-state index >= 15 is 0 Å². The first-order chi connectivity index (χ1) is 12.7. The van der Waals surface area contributed by atoms with Crippen LogP contribution in [0, 0.1) is 0 Å². The minimum atomic E-state index is -3.74. The van der Waals surface area contributed by atoms with Crippen molar-refractivity contribution in [3.8, 4) is 0 Å². The summed E-state index contributed by atoms with van der Waals surface area (Å²) >= 11 is 0. The van der Waals surface area contributed by atoms with Crippen LogP contribution >= 0.6 is 0 Å². The summed E-state index contributed by atoms with van der Waals surface area (Å²) in [6, 6.07) is 12.9. The smallest absolute Gasteiger partial charge is 0.308 e. The van der Waals surface area contributed by atoms with Crippen molar-refractivity contribution >= 4 is 32.5 Å². The Kier molecular flexibility index (Phi) is 4.69. The van der Waals surface area contributed by atoms with Crippen LogP contribution < -0.4 is 4.72 Å². The Labute approximate surface area is 157 Å². The van der Waals surface area contributed by atoms with Crippen molar-refractivity contribution in [1.29, 1.82) is 0 Å². The van der Waals surface area contributed by atoms with Gasteiger partial charge in [-0.1, -0.05) is 36.4 Å². The first kappa shape index (κ1) is 18.9. The average molecular weight is 389 g/mol. The number of nitrogens with one attached hydrogen (secondary N) is 1. The largest absolute Gasteiger partial charge is 0.456 e. The molecular formula is C19H19NO6S. The summed E-state index contributed by atoms with van der Waals surface area (Å²) in [5.41, 5.74) is -1.01. The maximum absolute atomic E-state index is 13.0. The van der Waals surface area contributed by atoms with E-state index in [2.05, 4.69) is 4.72 Å². The van der Waals surface area contributed by atoms with Gasteiger partial charge in [-0.05, 0) is 30.7 Å². The molecule has 0 bridgehead atoms. The predicted octanol–water partition coefficient (Wildman–Crippen LogP) is 2.33. The number of carbonyl (C=O) groups excluding carboxylic acids is 2. The lowest BCUT2D eigenvalue weighted by Gasteiger charge is -2.24. The highest BCUT2D eigenvalue weighted by atomic mass is 32.2. The summed E-state index contributed by atoms with van der Waals surface area (Å²) < 4.78 is 36.7. The van der Waals surface area contributed by atoms with Gasteiger partial charge in [0.05, 0.1) is 5.75 Å². The van der Waals surface area contributed by atoms with Crippen molar-refractivity contribution in [2.24, 2.45) is 0 Å². The summed E-state index contributed by atoms with van der Waals surface area (Å²) in [6.07, 6.45) is 0. The number of benzene rings is 2. The SMILES string of the molecule is CCS(=O)(=O)NC1=C(OC(C)=O)C(=O)C(C)(c2ccc3ccccc3c2)O1. The molecule has 3 rings (SSSR count). The van der Waals surface area contributed by atoms with Crippen LogP contribution in [0.1, 0.15) is 26.3 Å². The number of carbonyl (C=O) groups is 2. The van der Waals surface area contributed by atoms with Crippen LogP contribution in [0.15, 0.2) is 54.1 Å². The van der Waals surface area contributed by atoms with Gasteiger partial charge in [0.1, 0.15) is 0 Å². The zero-order valence-corrected chi connectivity index (χ0v) is 15.9. The number of ether oxygens (including phenoxy) is 2. The highest BCUT2D eigenvalue weighted by molar-refractivity contribution is 7.89. The summed E-state index contributed by atoms with van der Waals surface area (Å²) in [5, 5.41) is 1.87. The molecule has 1 atom stereocenters. The minimum Gasteiger partial charge on any atom is -0.456 e. The molecule has 1 aliphatic rings. The van der Waals surface area contributed by atoms with Gasteiger partial charge in [0.25, 0.3) is 5.78 Å². The van der Waals surface area contributed by atoms with Crippen molar-refractivity contribution in [3.63, 3.8) is 0 Å². The zero-order chi connectivity index (χ0) is 19.8. The van der Waals surface area contributed by atoms with Crippen LogP contribution in [-0.2, 0) is 34.7 Å². The minimum absolute atomic E-state index is 0.228. The van der Waals surface area contributed by atoms with Crippen molar-refractivity contribution in [3.05, 3.63) is 59.7 Å². The van der Waals surface area contributed by atoms with Gasteiger partial charge in [-0.3, -0.25) is 14.3 Å². The number of rotatable bonds is 5. The average Bonchev–Trinajstić information content (AvgIpc) is 2.86. The Hall–Kier alpha value is -2.87. The molecule has 0 radical (unpaired) electrons. The second kappa shape index (κ2) is 6.70. The fourth-order valence-electron chi connectivity index (χ4n) is 2.81. The topological polar surface area (TPSA) is 98.8 Å². The Bertz CT molecular complexity index is 1070. The van der Waals surface area contributed by atoms with Gasteiger partial charge >= 0.3 is 5.97 Å². The molecule has 0 fully saturated rings. The molecule has 27 heavy (non-hydrogen) atoms. The molecule has 1 unspecified atom stereocenters. The zero-order valence-electron chi connectivity index (χ0n) is 15.1. The molecule has 1 aliphatic heterocycles. The maximum Gasteiger partial charge on any atom is 0.308 e. The summed E-state index contributed by atoms with van der Waals surface area (Å²) in [6.45, 7) is 4.07. The molecule has 0 spiro atoms. The lowest BCUT2D eigenvalue weighted by Crippen LogP contribution is -2.32. The van der Waals surface area contributed by atoms with Gasteiger partial charge in [-0.25, -0.2) is 8.42 Å². The van der Waals surface area contributed by atoms with Crippen LogP contribution in [0.2, 0.25) is 0 Å². The Morgan fingerprint density at radius 2 is 1.85 bits per heavy atom. The Morgan fingerprint density at radius 1 is 1.19 bits per heavy atom. The van der Waals surface area contributed by atoms with Gasteiger partial charge in [-0.15, -0.1) is 0 Å². The highest BCUT2D eigenvalue weighted by Crippen LogP contribution is 2.39. The van der Waals surface area contributed by atoms with Gasteiger partial charge in [0, 0.05) is 12.5 Å². The van der Waals surface area contributed by atoms with E-state index in [0.717, 1.165) is 17.7 Å². The van der Waals surface area contributed by atoms with Crippen LogP contribution in [0.4, 0.5) is 0 Å². The van der Waals surface area contributed by atoms with Crippen molar-refractivity contribution < 1.29 is 27.5 Å². The van der Waals surface area contributed by atoms with Gasteiger partial charge in [-0.2, -0.15) is 0 Å². The van der Waals surface area contributed by atoms with Gasteiger partial charge in [0.15, 0.2) is 5.60 Å². The van der Waals surface area contributed by atoms with E-state index in [0.29, 0.717) is 5.56 Å². The molecule has 2 aromatic carbocycles. The standard InChI is InChI=1S/C19H19NO6S/c1-4-27(23,24)20-18-16(25-12(2)21)17(22)19(3,26-18)15-10-9-13-7-5-6-8-14(13)11-15/h5-11,20H,4H2,1-3H3. The first-order valence-electron chi connectivity index (χ1n) is 8.32. The van der Waals surface area contributed by atoms with Gasteiger partial charge in [0.2, 0.25) is 21.7 Å². The Balaban J connectivity index is 2.06. The number of esters is 1. The van der Waals surface area contributed by atoms with E-state index in [-0.39, 0.29) is 11.6 Å². The van der Waals surface area contributed by atoms with E-state index in [1.807, 2.05) is 30.3 Å². The monoisotopic (exact) mass is 389 g/mol. The number of Topliss-reactive ketones (excluding diaryl/α,β-unsaturated/α-hetero) is 1. The molecule has 142 valence electrons. The number of sulfonamides is 1. The fourth-order valence-corrected chi connectivity index (χ4v) is 3.37. The number of ketones is 1. The van der Waals surface area contributed by atoms with E-state index < -0.39 is 33.1 Å². The number of hydrogen-bond acceptors (Lipinski definition) is 6. The molecule has 1 heterocycles. The molecule has 0 amide bonds. The van der Waals surface area contributed by atoms with Crippen LogP contribution in [0.3, 0.4) is 0 Å². The third-order valence-corrected chi connectivity index (χ3v) is 5.58. The summed E-state index contributed by atoms with van der Waals surface area (Å²) in [5.74, 6) is -2.45. The number of hydrogen-bond donors (Lipinski definition) is 1. The van der Waals surface area contributed by atoms with E-state index in [9.17, 15) is 18.0 Å². The number of fused-ring (bicyclic) bond motifs is 1. The van der Waals surface area contributed by atoms with E-state index in [4.69, 9.17) is 9.47 Å². The molecule has 0 saturated carbocycles. The van der Waals surface area contributed by atoms with Gasteiger partial charge < -0.3 is 9.47 Å². The third-order valence-electron chi connectivity index (χ3n) is 4.33. The normalized spacial score (nSPS) is 19.9. The molecule has 1 N–H and O–H groups in total. The lowest BCUT2D eigenvalue weighted by molar-refractivity contribution is -0.142. The first-order valence-corrected chi connectivity index (χ1v) is 9.98. The lowest BCUT2D eigenvalue weighted by atomic mass is 9.90. The quantitative estimate of drug-likeness (QED) is 0.788. The molecule has 8 heteroatoms. The maximum atomic E-state index is 13.0. The Morgan fingerprint density at radius 3 is 2.48 bits per heavy atom. The molecule has 0 aliphatic carbocycles. The van der Waals surface area contributed by atoms with Crippen molar-refractivity contribution in [1.82, 2.24) is 4.72 Å². The fraction of sp³-hybridized carbons (Fsp3) is 0.263. The van der Waals surface area contributed by atoms with E-state index in [1.54, 1.807) is 12.1 Å². The highest BCUT2D eigenvalue weighted by Gasteiger charge is 2.50. The summed E-state index contributed by atoms with van der Waals surface area (Å²) in [4.78, 5) is 24.4. The summed E-state index contributed by atoms with van der Waals surface area (Å²) in [7, 11) is -3.74. The van der Waals surface area contributed by atoms with Crippen molar-refractivity contribution in [2.75, 3.05) is 5.75 Å². The molecule has 7 nitrogen and oxygen atoms in total. The van der Waals surface area contributed by atoms with E-state index in [1.165, 1.54) is 13.8 Å². The second-order valence-corrected chi connectivity index (χ2v) is 8.29. The molecule has 2 aromatic rings. The van der Waals surface area contributed by atoms with Crippen LogP contribution in [-0.4, -0.2) is 25.9 Å². The predicted molar refractivity (Wildman–Crippen MR) is 98.8 cm³/mol.